The Morgan fingerprint density at radius 1 is 0.344 bits per heavy atom. The Balaban J connectivity index is 0.991. The molecular weight excluding hydrogens is 1320 g/mol. The normalized spacial score (nSPS) is 13.8. The highest BCUT2D eigenvalue weighted by atomic mass is 32.2. The summed E-state index contributed by atoms with van der Waals surface area (Å²) in [6.45, 7) is 21.9. The smallest absolute Gasteiger partial charge is 0.298 e. The van der Waals surface area contributed by atoms with Crippen LogP contribution in [0.5, 0.6) is 34.5 Å². The quantitative estimate of drug-likeness (QED) is 0.0432. The average Bonchev–Trinajstić information content (AvgIpc) is 0.746. The molecule has 1 unspecified atom stereocenters. The molecule has 26 heteroatoms. The van der Waals surface area contributed by atoms with Gasteiger partial charge >= 0.3 is 0 Å². The fourth-order valence-corrected chi connectivity index (χ4v) is 16.5. The molecule has 496 valence electrons. The Morgan fingerprint density at radius 2 is 0.656 bits per heavy atom. The summed E-state index contributed by atoms with van der Waals surface area (Å²) in [5.41, 5.74) is -1.02. The van der Waals surface area contributed by atoms with Crippen LogP contribution in [0, 0.1) is 0 Å². The van der Waals surface area contributed by atoms with Crippen molar-refractivity contribution in [3.63, 3.8) is 0 Å². The van der Waals surface area contributed by atoms with E-state index in [1.165, 1.54) is 24.3 Å². The highest BCUT2D eigenvalue weighted by Gasteiger charge is 2.46. The molecule has 0 aromatic heterocycles. The second-order valence-electron chi connectivity index (χ2n) is 25.1. The molecule has 0 radical (unpaired) electrons. The molecule has 93 heavy (non-hydrogen) atoms. The summed E-state index contributed by atoms with van der Waals surface area (Å²) >= 11 is 0. The minimum atomic E-state index is -5.20. The van der Waals surface area contributed by atoms with Gasteiger partial charge in [-0.3, -0.25) is 18.2 Å². The van der Waals surface area contributed by atoms with Gasteiger partial charge in [0, 0.05) is 10.8 Å². The summed E-state index contributed by atoms with van der Waals surface area (Å²) in [6.07, 6.45) is 0.601. The topological polar surface area (TPSA) is 323 Å². The van der Waals surface area contributed by atoms with Gasteiger partial charge in [-0.05, 0) is 195 Å². The number of hydrogen-bond acceptors (Lipinski definition) is 16. The van der Waals surface area contributed by atoms with Crippen LogP contribution in [0.4, 0.5) is 0 Å². The first-order valence-corrected chi connectivity index (χ1v) is 37.6. The molecule has 0 amide bonds. The molecule has 0 aliphatic carbocycles. The van der Waals surface area contributed by atoms with E-state index in [0.717, 1.165) is 59.7 Å². The molecule has 0 saturated carbocycles. The Kier molecular flexibility index (Phi) is 19.4. The van der Waals surface area contributed by atoms with Crippen LogP contribution in [0.15, 0.2) is 209 Å². The van der Waals surface area contributed by atoms with Crippen LogP contribution in [0.1, 0.15) is 118 Å². The zero-order valence-electron chi connectivity index (χ0n) is 52.9. The van der Waals surface area contributed by atoms with E-state index in [2.05, 4.69) is 0 Å². The van der Waals surface area contributed by atoms with Gasteiger partial charge in [0.05, 0.1) is 29.4 Å². The SMILES string of the molecule is CCC(C)(C)c1ccc(S(=O)(=O)c2ccc(Oc3ccc(-c4ccc(OC(C)(C)C(C)(CC)c5ccc(S(=O)(=O)c6ccc(Oc7ccc(C(C)(C)c8ccc(OC(C)(C)C)cc8)cc7)c(S(=O)(=O)O)c6)cc5S(=O)(=O)O)cc4)cc3)c(S(=O)(=O)O)c2)cc1S(=O)(=O)O. The van der Waals surface area contributed by atoms with Crippen LogP contribution in [0.3, 0.4) is 0 Å². The molecule has 0 saturated heterocycles. The van der Waals surface area contributed by atoms with Crippen molar-refractivity contribution in [2.45, 2.75) is 163 Å². The maximum atomic E-state index is 14.4. The van der Waals surface area contributed by atoms with E-state index < -0.39 is 133 Å². The van der Waals surface area contributed by atoms with Gasteiger partial charge in [0.15, 0.2) is 0 Å². The first kappa shape index (κ1) is 71.4. The zero-order valence-corrected chi connectivity index (χ0v) is 57.7. The molecule has 8 aromatic carbocycles. The highest BCUT2D eigenvalue weighted by molar-refractivity contribution is 7.92. The maximum Gasteiger partial charge on any atom is 0.298 e. The summed E-state index contributed by atoms with van der Waals surface area (Å²) in [5.74, 6) is 0.379. The van der Waals surface area contributed by atoms with Gasteiger partial charge in [-0.1, -0.05) is 109 Å². The van der Waals surface area contributed by atoms with Crippen molar-refractivity contribution < 1.29 is 87.7 Å². The van der Waals surface area contributed by atoms with Crippen LogP contribution < -0.4 is 18.9 Å². The van der Waals surface area contributed by atoms with Gasteiger partial charge in [0.25, 0.3) is 40.5 Å². The van der Waals surface area contributed by atoms with Gasteiger partial charge in [0.1, 0.15) is 55.5 Å². The van der Waals surface area contributed by atoms with Gasteiger partial charge in [0.2, 0.25) is 19.7 Å². The molecule has 0 heterocycles. The van der Waals surface area contributed by atoms with Crippen LogP contribution in [0.25, 0.3) is 11.1 Å². The lowest BCUT2D eigenvalue weighted by atomic mass is 9.68. The number of benzene rings is 8. The largest absolute Gasteiger partial charge is 0.488 e. The van der Waals surface area contributed by atoms with Crippen LogP contribution in [-0.4, -0.2) is 79.9 Å². The van der Waals surface area contributed by atoms with Crippen molar-refractivity contribution in [1.29, 1.82) is 0 Å². The first-order valence-electron chi connectivity index (χ1n) is 28.9. The van der Waals surface area contributed by atoms with E-state index in [0.29, 0.717) is 41.2 Å². The van der Waals surface area contributed by atoms with Crippen LogP contribution >= 0.6 is 0 Å². The monoisotopic (exact) mass is 1390 g/mol. The Labute approximate surface area is 544 Å². The van der Waals surface area contributed by atoms with Crippen LogP contribution in [0.2, 0.25) is 0 Å². The molecule has 0 aliphatic rings. The summed E-state index contributed by atoms with van der Waals surface area (Å²) in [7, 11) is -29.9. The van der Waals surface area contributed by atoms with Gasteiger partial charge in [-0.15, -0.1) is 0 Å². The molecule has 4 N–H and O–H groups in total. The van der Waals surface area contributed by atoms with Gasteiger partial charge in [-0.2, -0.15) is 33.7 Å². The molecule has 0 spiro atoms. The minimum Gasteiger partial charge on any atom is -0.488 e. The van der Waals surface area contributed by atoms with E-state index in [1.807, 2.05) is 58.9 Å². The maximum absolute atomic E-state index is 14.4. The van der Waals surface area contributed by atoms with Crippen molar-refractivity contribution in [1.82, 2.24) is 0 Å². The Bertz CT molecular complexity index is 4890. The molecule has 0 aliphatic heterocycles. The third kappa shape index (κ3) is 15.4. The first-order chi connectivity index (χ1) is 42.7. The van der Waals surface area contributed by atoms with Crippen molar-refractivity contribution >= 4 is 60.1 Å². The molecule has 1 atom stereocenters. The minimum absolute atomic E-state index is 0.0189. The van der Waals surface area contributed by atoms with Crippen molar-refractivity contribution in [2.24, 2.45) is 0 Å². The average molecular weight is 1390 g/mol. The molecular formula is C67H72O20S6. The Hall–Kier alpha value is -7.50. The van der Waals surface area contributed by atoms with E-state index in [9.17, 15) is 68.7 Å². The molecule has 20 nitrogen and oxygen atoms in total. The fourth-order valence-electron chi connectivity index (χ4n) is 10.6. The van der Waals surface area contributed by atoms with Crippen LogP contribution in [-0.2, 0) is 76.4 Å². The molecule has 8 aromatic rings. The molecule has 8 rings (SSSR count). The number of ether oxygens (including phenoxy) is 4. The van der Waals surface area contributed by atoms with Crippen molar-refractivity contribution in [2.75, 3.05) is 0 Å². The summed E-state index contributed by atoms with van der Waals surface area (Å²) in [4.78, 5) is -5.74. The number of rotatable bonds is 23. The van der Waals surface area contributed by atoms with Crippen molar-refractivity contribution in [3.8, 4) is 45.6 Å². The van der Waals surface area contributed by atoms with E-state index >= 15 is 0 Å². The molecule has 0 bridgehead atoms. The number of sulfone groups is 2. The predicted molar refractivity (Wildman–Crippen MR) is 349 cm³/mol. The highest BCUT2D eigenvalue weighted by Crippen LogP contribution is 2.46. The Morgan fingerprint density at radius 3 is 1.01 bits per heavy atom. The lowest BCUT2D eigenvalue weighted by Gasteiger charge is -2.45. The van der Waals surface area contributed by atoms with E-state index in [1.54, 1.807) is 109 Å². The summed E-state index contributed by atoms with van der Waals surface area (Å²) < 4.78 is 225. The van der Waals surface area contributed by atoms with E-state index in [-0.39, 0.29) is 34.6 Å². The van der Waals surface area contributed by atoms with Gasteiger partial charge < -0.3 is 18.9 Å². The fraction of sp³-hybridized carbons (Fsp3) is 0.284. The summed E-state index contributed by atoms with van der Waals surface area (Å²) in [5, 5.41) is 0. The standard InChI is InChI=1S/C67H72O20S6/c1-13-64(6,7)55-35-31-51(39-59(55)90(72,73)74)88(68,69)53-33-37-57(61(41-53)92(78,79)80)84-47-23-15-43(16-24-47)44-17-25-50(26-18-44)87-66(10,11)67(12,14-2)56-36-32-52(40-60(56)91(75,76)77)89(70,71)54-34-38-58(62(42-54)93(81,82)83)85-48-27-19-45(20-28-48)65(8,9)46-21-29-49(30-22-46)86-63(3,4)5/h15-42H,13-14H2,1-12H3,(H,72,73,74)(H,75,76,77)(H,78,79,80)(H,81,82,83). The lowest BCUT2D eigenvalue weighted by Crippen LogP contribution is -2.50. The third-order valence-corrected chi connectivity index (χ3v) is 23.8. The van der Waals surface area contributed by atoms with Crippen molar-refractivity contribution in [3.05, 3.63) is 192 Å². The lowest BCUT2D eigenvalue weighted by molar-refractivity contribution is 0.0228. The van der Waals surface area contributed by atoms with Gasteiger partial charge in [-0.25, -0.2) is 16.8 Å². The second kappa shape index (κ2) is 25.3. The molecule has 0 fully saturated rings. The third-order valence-electron chi connectivity index (χ3n) is 16.8. The number of hydrogen-bond donors (Lipinski definition) is 4. The predicted octanol–water partition coefficient (Wildman–Crippen LogP) is 14.3. The summed E-state index contributed by atoms with van der Waals surface area (Å²) in [6, 6.07) is 39.1. The van der Waals surface area contributed by atoms with E-state index in [4.69, 9.17) is 18.9 Å². The zero-order chi connectivity index (χ0) is 69.1. The second-order valence-corrected chi connectivity index (χ2v) is 34.6.